The van der Waals surface area contributed by atoms with Crippen molar-refractivity contribution in [2.45, 2.75) is 19.3 Å². The Morgan fingerprint density at radius 2 is 2.06 bits per heavy atom. The fourth-order valence-electron chi connectivity index (χ4n) is 1.59. The predicted octanol–water partition coefficient (Wildman–Crippen LogP) is 2.66. The van der Waals surface area contributed by atoms with Crippen molar-refractivity contribution >= 4 is 5.57 Å². The van der Waals surface area contributed by atoms with Gasteiger partial charge >= 0.3 is 5.82 Å². The first-order valence-electron chi connectivity index (χ1n) is 5.44. The molecule has 1 aromatic carbocycles. The van der Waals surface area contributed by atoms with Crippen LogP contribution < -0.4 is 5.82 Å². The number of aromatic nitrogens is 1. The van der Waals surface area contributed by atoms with E-state index in [4.69, 9.17) is 4.42 Å². The standard InChI is InChI=1S/C13H13NO3/c1-10(11-7-3-2-4-8-11)6-5-9-12-14-17-13(15)16-12/h2-4,7-8H,1,5-6,9H2. The molecule has 0 N–H and O–H groups in total. The lowest BCUT2D eigenvalue weighted by Crippen LogP contribution is -1.89. The molecule has 17 heavy (non-hydrogen) atoms. The molecule has 0 bridgehead atoms. The summed E-state index contributed by atoms with van der Waals surface area (Å²) in [6, 6.07) is 9.99. The fourth-order valence-corrected chi connectivity index (χ4v) is 1.59. The predicted molar refractivity (Wildman–Crippen MR) is 63.5 cm³/mol. The molecule has 0 fully saturated rings. The van der Waals surface area contributed by atoms with Gasteiger partial charge < -0.3 is 4.42 Å². The minimum Gasteiger partial charge on any atom is -0.375 e. The molecule has 0 spiro atoms. The van der Waals surface area contributed by atoms with Crippen LogP contribution in [0.3, 0.4) is 0 Å². The monoisotopic (exact) mass is 231 g/mol. The van der Waals surface area contributed by atoms with Gasteiger partial charge in [0.15, 0.2) is 0 Å². The first-order valence-corrected chi connectivity index (χ1v) is 5.44. The topological polar surface area (TPSA) is 56.2 Å². The van der Waals surface area contributed by atoms with E-state index >= 15 is 0 Å². The maximum atomic E-state index is 10.6. The Hall–Kier alpha value is -2.10. The number of rotatable bonds is 5. The van der Waals surface area contributed by atoms with E-state index < -0.39 is 5.82 Å². The van der Waals surface area contributed by atoms with Gasteiger partial charge in [-0.05, 0) is 29.1 Å². The average molecular weight is 231 g/mol. The summed E-state index contributed by atoms with van der Waals surface area (Å²) in [5.74, 6) is -0.405. The highest BCUT2D eigenvalue weighted by molar-refractivity contribution is 5.62. The van der Waals surface area contributed by atoms with Gasteiger partial charge in [0, 0.05) is 6.42 Å². The smallest absolute Gasteiger partial charge is 0.375 e. The van der Waals surface area contributed by atoms with Crippen LogP contribution in [-0.4, -0.2) is 5.16 Å². The second kappa shape index (κ2) is 5.30. The quantitative estimate of drug-likeness (QED) is 0.793. The second-order valence-electron chi connectivity index (χ2n) is 3.75. The zero-order chi connectivity index (χ0) is 12.1. The molecule has 4 nitrogen and oxygen atoms in total. The van der Waals surface area contributed by atoms with E-state index in [0.717, 1.165) is 24.0 Å². The van der Waals surface area contributed by atoms with Crippen LogP contribution in [0.15, 0.2) is 50.6 Å². The number of hydrogen-bond donors (Lipinski definition) is 0. The summed E-state index contributed by atoms with van der Waals surface area (Å²) in [5.41, 5.74) is 2.20. The van der Waals surface area contributed by atoms with Crippen LogP contribution in [-0.2, 0) is 6.42 Å². The Morgan fingerprint density at radius 3 is 2.71 bits per heavy atom. The van der Waals surface area contributed by atoms with E-state index in [-0.39, 0.29) is 0 Å². The van der Waals surface area contributed by atoms with E-state index in [1.807, 2.05) is 30.3 Å². The van der Waals surface area contributed by atoms with Crippen LogP contribution in [0.4, 0.5) is 0 Å². The number of allylic oxidation sites excluding steroid dienone is 1. The molecule has 0 atom stereocenters. The summed E-state index contributed by atoms with van der Waals surface area (Å²) in [6.45, 7) is 4.03. The summed E-state index contributed by atoms with van der Waals surface area (Å²) in [7, 11) is 0. The SMILES string of the molecule is C=C(CCCc1noc(=O)o1)c1ccccc1. The zero-order valence-electron chi connectivity index (χ0n) is 9.39. The van der Waals surface area contributed by atoms with Gasteiger partial charge in [0.25, 0.3) is 0 Å². The largest absolute Gasteiger partial charge is 0.542 e. The molecule has 0 saturated heterocycles. The third-order valence-electron chi connectivity index (χ3n) is 2.47. The van der Waals surface area contributed by atoms with E-state index in [1.54, 1.807) is 0 Å². The third kappa shape index (κ3) is 3.17. The molecule has 0 aliphatic rings. The molecule has 0 aliphatic carbocycles. The molecule has 2 aromatic rings. The lowest BCUT2D eigenvalue weighted by molar-refractivity contribution is 0.334. The zero-order valence-corrected chi connectivity index (χ0v) is 9.39. The Kier molecular flexibility index (Phi) is 3.55. The van der Waals surface area contributed by atoms with Crippen molar-refractivity contribution in [3.05, 3.63) is 59.0 Å². The number of benzene rings is 1. The lowest BCUT2D eigenvalue weighted by Gasteiger charge is -2.03. The summed E-state index contributed by atoms with van der Waals surface area (Å²) in [5, 5.41) is 3.50. The number of hydrogen-bond acceptors (Lipinski definition) is 4. The molecule has 2 rings (SSSR count). The van der Waals surface area contributed by atoms with Gasteiger partial charge in [0.1, 0.15) is 0 Å². The first-order chi connectivity index (χ1) is 8.25. The molecule has 0 saturated carbocycles. The van der Waals surface area contributed by atoms with Crippen LogP contribution in [0.1, 0.15) is 24.3 Å². The van der Waals surface area contributed by atoms with Gasteiger partial charge in [-0.1, -0.05) is 36.9 Å². The molecule has 0 amide bonds. The second-order valence-corrected chi connectivity index (χ2v) is 3.75. The number of nitrogens with zero attached hydrogens (tertiary/aromatic N) is 1. The molecule has 1 heterocycles. The third-order valence-corrected chi connectivity index (χ3v) is 2.47. The molecule has 0 radical (unpaired) electrons. The fraction of sp³-hybridized carbons (Fsp3) is 0.231. The Morgan fingerprint density at radius 1 is 1.29 bits per heavy atom. The molecule has 1 aromatic heterocycles. The first kappa shape index (κ1) is 11.4. The van der Waals surface area contributed by atoms with Crippen LogP contribution in [0.2, 0.25) is 0 Å². The van der Waals surface area contributed by atoms with Crippen molar-refractivity contribution in [1.29, 1.82) is 0 Å². The number of aryl methyl sites for hydroxylation is 1. The Bertz CT molecular complexity index is 539. The van der Waals surface area contributed by atoms with Crippen molar-refractivity contribution in [2.24, 2.45) is 0 Å². The van der Waals surface area contributed by atoms with Crippen LogP contribution in [0, 0.1) is 0 Å². The van der Waals surface area contributed by atoms with Gasteiger partial charge in [0.05, 0.1) is 0 Å². The van der Waals surface area contributed by atoms with Crippen molar-refractivity contribution in [3.8, 4) is 0 Å². The summed E-state index contributed by atoms with van der Waals surface area (Å²) < 4.78 is 9.02. The van der Waals surface area contributed by atoms with Gasteiger partial charge in [-0.25, -0.2) is 4.79 Å². The van der Waals surface area contributed by atoms with Gasteiger partial charge in [-0.15, -0.1) is 0 Å². The van der Waals surface area contributed by atoms with E-state index in [2.05, 4.69) is 16.3 Å². The minimum atomic E-state index is -0.748. The van der Waals surface area contributed by atoms with E-state index in [0.29, 0.717) is 12.3 Å². The highest BCUT2D eigenvalue weighted by Crippen LogP contribution is 2.18. The van der Waals surface area contributed by atoms with Gasteiger partial charge in [0.2, 0.25) is 5.89 Å². The summed E-state index contributed by atoms with van der Waals surface area (Å²) in [4.78, 5) is 10.6. The molecule has 4 heteroatoms. The summed E-state index contributed by atoms with van der Waals surface area (Å²) in [6.07, 6.45) is 2.24. The summed E-state index contributed by atoms with van der Waals surface area (Å²) >= 11 is 0. The maximum absolute atomic E-state index is 10.6. The minimum absolute atomic E-state index is 0.343. The molecular formula is C13H13NO3. The van der Waals surface area contributed by atoms with E-state index in [9.17, 15) is 4.79 Å². The van der Waals surface area contributed by atoms with Gasteiger partial charge in [-0.3, -0.25) is 4.52 Å². The maximum Gasteiger partial charge on any atom is 0.542 e. The van der Waals surface area contributed by atoms with Crippen LogP contribution in [0.25, 0.3) is 5.57 Å². The highest BCUT2D eigenvalue weighted by atomic mass is 16.6. The van der Waals surface area contributed by atoms with Crippen molar-refractivity contribution in [2.75, 3.05) is 0 Å². The average Bonchev–Trinajstić information content (AvgIpc) is 2.76. The Labute approximate surface area is 98.6 Å². The molecule has 88 valence electrons. The van der Waals surface area contributed by atoms with Gasteiger partial charge in [-0.2, -0.15) is 0 Å². The lowest BCUT2D eigenvalue weighted by atomic mass is 10.0. The molecule has 0 unspecified atom stereocenters. The van der Waals surface area contributed by atoms with Crippen molar-refractivity contribution in [1.82, 2.24) is 5.16 Å². The van der Waals surface area contributed by atoms with Crippen molar-refractivity contribution in [3.63, 3.8) is 0 Å². The highest BCUT2D eigenvalue weighted by Gasteiger charge is 2.04. The van der Waals surface area contributed by atoms with E-state index in [1.165, 1.54) is 0 Å². The molecular weight excluding hydrogens is 218 g/mol. The normalized spacial score (nSPS) is 10.4. The van der Waals surface area contributed by atoms with Crippen molar-refractivity contribution < 1.29 is 8.94 Å². The Balaban J connectivity index is 1.83. The molecule has 0 aliphatic heterocycles. The van der Waals surface area contributed by atoms with Crippen LogP contribution >= 0.6 is 0 Å². The van der Waals surface area contributed by atoms with Crippen LogP contribution in [0.5, 0.6) is 0 Å².